The summed E-state index contributed by atoms with van der Waals surface area (Å²) >= 11 is 7.32. The van der Waals surface area contributed by atoms with Crippen LogP contribution in [-0.2, 0) is 0 Å². The Morgan fingerprint density at radius 3 is 2.69 bits per heavy atom. The first-order valence-corrected chi connectivity index (χ1v) is 6.13. The molecule has 0 aliphatic rings. The fourth-order valence-corrected chi connectivity index (χ4v) is 2.58. The van der Waals surface area contributed by atoms with Crippen molar-refractivity contribution >= 4 is 22.9 Å². The zero-order valence-electron chi connectivity index (χ0n) is 8.71. The van der Waals surface area contributed by atoms with E-state index >= 15 is 0 Å². The molecule has 0 amide bonds. The Morgan fingerprint density at radius 1 is 1.38 bits per heavy atom. The summed E-state index contributed by atoms with van der Waals surface area (Å²) in [6, 6.07) is 6.76. The van der Waals surface area contributed by atoms with Crippen LogP contribution < -0.4 is 5.73 Å². The van der Waals surface area contributed by atoms with E-state index in [4.69, 9.17) is 17.3 Å². The second-order valence-electron chi connectivity index (χ2n) is 3.66. The first-order valence-electron chi connectivity index (χ1n) is 4.87. The molecule has 0 saturated heterocycles. The van der Waals surface area contributed by atoms with Gasteiger partial charge in [0.25, 0.3) is 0 Å². The quantitative estimate of drug-likeness (QED) is 0.854. The van der Waals surface area contributed by atoms with E-state index in [1.54, 1.807) is 23.5 Å². The van der Waals surface area contributed by atoms with Gasteiger partial charge in [-0.25, -0.2) is 4.39 Å². The fraction of sp³-hybridized carbons (Fsp3) is 0.167. The van der Waals surface area contributed by atoms with Gasteiger partial charge in [0.1, 0.15) is 5.82 Å². The average molecular weight is 256 g/mol. The maximum absolute atomic E-state index is 13.0. The van der Waals surface area contributed by atoms with Crippen LogP contribution >= 0.6 is 22.9 Å². The van der Waals surface area contributed by atoms with Gasteiger partial charge in [-0.2, -0.15) is 0 Å². The summed E-state index contributed by atoms with van der Waals surface area (Å²) in [5.41, 5.74) is 7.78. The molecule has 0 saturated carbocycles. The van der Waals surface area contributed by atoms with E-state index < -0.39 is 5.82 Å². The smallest absolute Gasteiger partial charge is 0.141 e. The van der Waals surface area contributed by atoms with E-state index in [1.807, 2.05) is 18.4 Å². The summed E-state index contributed by atoms with van der Waals surface area (Å²) in [6.07, 6.45) is 0. The van der Waals surface area contributed by atoms with Crippen LogP contribution in [0.5, 0.6) is 0 Å². The molecular formula is C12H11ClFNS. The third-order valence-electron chi connectivity index (χ3n) is 2.35. The molecule has 16 heavy (non-hydrogen) atoms. The maximum Gasteiger partial charge on any atom is 0.141 e. The Balaban J connectivity index is 2.39. The predicted molar refractivity (Wildman–Crippen MR) is 67.3 cm³/mol. The molecule has 2 aromatic rings. The Hall–Kier alpha value is -0.900. The molecule has 2 rings (SSSR count). The molecule has 1 atom stereocenters. The predicted octanol–water partition coefficient (Wildman–Crippen LogP) is 4.23. The van der Waals surface area contributed by atoms with Gasteiger partial charge in [-0.15, -0.1) is 11.3 Å². The van der Waals surface area contributed by atoms with Crippen LogP contribution in [0.1, 0.15) is 18.5 Å². The van der Waals surface area contributed by atoms with E-state index in [1.165, 1.54) is 6.07 Å². The topological polar surface area (TPSA) is 26.0 Å². The zero-order valence-corrected chi connectivity index (χ0v) is 10.3. The molecular weight excluding hydrogens is 245 g/mol. The van der Waals surface area contributed by atoms with Gasteiger partial charge in [0, 0.05) is 10.9 Å². The molecule has 1 aromatic heterocycles. The van der Waals surface area contributed by atoms with Crippen LogP contribution in [0.4, 0.5) is 4.39 Å². The van der Waals surface area contributed by atoms with Gasteiger partial charge in [-0.05, 0) is 41.6 Å². The monoisotopic (exact) mass is 255 g/mol. The van der Waals surface area contributed by atoms with Gasteiger partial charge in [0.05, 0.1) is 5.02 Å². The largest absolute Gasteiger partial charge is 0.324 e. The van der Waals surface area contributed by atoms with E-state index in [0.29, 0.717) is 0 Å². The first-order chi connectivity index (χ1) is 7.58. The van der Waals surface area contributed by atoms with E-state index in [-0.39, 0.29) is 11.1 Å². The van der Waals surface area contributed by atoms with Crippen molar-refractivity contribution in [2.45, 2.75) is 13.0 Å². The lowest BCUT2D eigenvalue weighted by molar-refractivity contribution is 0.628. The van der Waals surface area contributed by atoms with Crippen molar-refractivity contribution in [1.82, 2.24) is 0 Å². The second-order valence-corrected chi connectivity index (χ2v) is 4.98. The zero-order chi connectivity index (χ0) is 11.7. The molecule has 0 bridgehead atoms. The van der Waals surface area contributed by atoms with Gasteiger partial charge < -0.3 is 5.73 Å². The van der Waals surface area contributed by atoms with Crippen LogP contribution in [0.25, 0.3) is 10.4 Å². The number of nitrogens with two attached hydrogens (primary N) is 1. The van der Waals surface area contributed by atoms with Crippen LogP contribution in [0.3, 0.4) is 0 Å². The van der Waals surface area contributed by atoms with Gasteiger partial charge >= 0.3 is 0 Å². The molecule has 1 aromatic carbocycles. The van der Waals surface area contributed by atoms with Gasteiger partial charge in [-0.3, -0.25) is 0 Å². The number of halogens is 2. The van der Waals surface area contributed by atoms with E-state index in [2.05, 4.69) is 0 Å². The van der Waals surface area contributed by atoms with E-state index in [0.717, 1.165) is 16.0 Å². The third-order valence-corrected chi connectivity index (χ3v) is 3.64. The first kappa shape index (κ1) is 11.6. The highest BCUT2D eigenvalue weighted by molar-refractivity contribution is 7.13. The minimum atomic E-state index is -0.394. The Labute approximate surface area is 103 Å². The number of hydrogen-bond acceptors (Lipinski definition) is 2. The number of hydrogen-bond donors (Lipinski definition) is 1. The normalized spacial score (nSPS) is 12.8. The van der Waals surface area contributed by atoms with Crippen molar-refractivity contribution in [2.24, 2.45) is 5.73 Å². The number of rotatable bonds is 2. The van der Waals surface area contributed by atoms with Crippen molar-refractivity contribution in [2.75, 3.05) is 0 Å². The SMILES string of the molecule is CC(N)c1csc(-c2ccc(F)c(Cl)c2)c1. The Morgan fingerprint density at radius 2 is 2.12 bits per heavy atom. The van der Waals surface area contributed by atoms with Crippen molar-refractivity contribution in [1.29, 1.82) is 0 Å². The minimum Gasteiger partial charge on any atom is -0.324 e. The maximum atomic E-state index is 13.0. The summed E-state index contributed by atoms with van der Waals surface area (Å²) in [5.74, 6) is -0.394. The second kappa shape index (κ2) is 4.53. The molecule has 0 radical (unpaired) electrons. The van der Waals surface area contributed by atoms with Crippen LogP contribution in [0.15, 0.2) is 29.6 Å². The van der Waals surface area contributed by atoms with E-state index in [9.17, 15) is 4.39 Å². The fourth-order valence-electron chi connectivity index (χ4n) is 1.39. The highest BCUT2D eigenvalue weighted by Gasteiger charge is 2.07. The number of benzene rings is 1. The Kier molecular flexibility index (Phi) is 3.28. The highest BCUT2D eigenvalue weighted by Crippen LogP contribution is 2.31. The molecule has 0 fully saturated rings. The molecule has 1 heterocycles. The Bertz CT molecular complexity index is 507. The summed E-state index contributed by atoms with van der Waals surface area (Å²) in [6.45, 7) is 1.93. The van der Waals surface area contributed by atoms with Crippen molar-refractivity contribution in [3.05, 3.63) is 46.0 Å². The van der Waals surface area contributed by atoms with Gasteiger partial charge in [-0.1, -0.05) is 17.7 Å². The minimum absolute atomic E-state index is 0.0147. The van der Waals surface area contributed by atoms with Gasteiger partial charge in [0.2, 0.25) is 0 Å². The summed E-state index contributed by atoms with van der Waals surface area (Å²) in [4.78, 5) is 1.05. The van der Waals surface area contributed by atoms with Crippen molar-refractivity contribution in [3.8, 4) is 10.4 Å². The van der Waals surface area contributed by atoms with Crippen LogP contribution in [0, 0.1) is 5.82 Å². The lowest BCUT2D eigenvalue weighted by atomic mass is 10.1. The lowest BCUT2D eigenvalue weighted by Gasteiger charge is -2.00. The number of thiophene rings is 1. The summed E-state index contributed by atoms with van der Waals surface area (Å²) < 4.78 is 13.0. The lowest BCUT2D eigenvalue weighted by Crippen LogP contribution is -2.02. The molecule has 1 unspecified atom stereocenters. The standard InChI is InChI=1S/C12H11ClFNS/c1-7(15)9-5-12(16-6-9)8-2-3-11(14)10(13)4-8/h2-7H,15H2,1H3. The van der Waals surface area contributed by atoms with Gasteiger partial charge in [0.15, 0.2) is 0 Å². The molecule has 2 N–H and O–H groups in total. The third kappa shape index (κ3) is 2.26. The molecule has 0 spiro atoms. The molecule has 0 aliphatic heterocycles. The van der Waals surface area contributed by atoms with Crippen LogP contribution in [0.2, 0.25) is 5.02 Å². The summed E-state index contributed by atoms with van der Waals surface area (Å²) in [5, 5.41) is 2.16. The summed E-state index contributed by atoms with van der Waals surface area (Å²) in [7, 11) is 0. The molecule has 84 valence electrons. The van der Waals surface area contributed by atoms with Crippen molar-refractivity contribution < 1.29 is 4.39 Å². The molecule has 4 heteroatoms. The average Bonchev–Trinajstić information content (AvgIpc) is 2.71. The molecule has 1 nitrogen and oxygen atoms in total. The highest BCUT2D eigenvalue weighted by atomic mass is 35.5. The molecule has 0 aliphatic carbocycles. The van der Waals surface area contributed by atoms with Crippen molar-refractivity contribution in [3.63, 3.8) is 0 Å². The van der Waals surface area contributed by atoms with Crippen LogP contribution in [-0.4, -0.2) is 0 Å².